The Hall–Kier alpha value is -2.24. The molecule has 0 radical (unpaired) electrons. The number of halogens is 1. The van der Waals surface area contributed by atoms with E-state index in [4.69, 9.17) is 11.6 Å². The van der Waals surface area contributed by atoms with E-state index in [-0.39, 0.29) is 11.7 Å². The first-order valence-corrected chi connectivity index (χ1v) is 9.19. The summed E-state index contributed by atoms with van der Waals surface area (Å²) in [6.07, 6.45) is 3.57. The van der Waals surface area contributed by atoms with Crippen molar-refractivity contribution >= 4 is 35.0 Å². The molecule has 3 aromatic rings. The number of nitrogens with zero attached hydrogens (tertiary/aromatic N) is 2. The fourth-order valence-electron chi connectivity index (χ4n) is 2.54. The van der Waals surface area contributed by atoms with Gasteiger partial charge in [-0.3, -0.25) is 9.36 Å². The summed E-state index contributed by atoms with van der Waals surface area (Å²) in [5.41, 5.74) is 3.91. The van der Waals surface area contributed by atoms with Gasteiger partial charge in [0.15, 0.2) is 5.16 Å². The minimum Gasteiger partial charge on any atom is -0.325 e. The minimum atomic E-state index is -0.0527. The Morgan fingerprint density at radius 1 is 1.20 bits per heavy atom. The van der Waals surface area contributed by atoms with Crippen molar-refractivity contribution in [2.45, 2.75) is 19.0 Å². The molecule has 0 unspecified atom stereocenters. The van der Waals surface area contributed by atoms with Gasteiger partial charge in [-0.15, -0.1) is 0 Å². The summed E-state index contributed by atoms with van der Waals surface area (Å²) in [6, 6.07) is 13.5. The number of aromatic nitrogens is 2. The Bertz CT molecular complexity index is 887. The van der Waals surface area contributed by atoms with Crippen LogP contribution in [0.3, 0.4) is 0 Å². The number of benzene rings is 2. The summed E-state index contributed by atoms with van der Waals surface area (Å²) in [7, 11) is 0. The SMILES string of the molecule is Cc1cccc(C)c1NC(=O)CSc1nccn1-c1cccc(Cl)c1. The first kappa shape index (κ1) is 17.6. The number of thioether (sulfide) groups is 1. The van der Waals surface area contributed by atoms with Gasteiger partial charge in [-0.1, -0.05) is 47.6 Å². The van der Waals surface area contributed by atoms with E-state index in [1.807, 2.05) is 67.1 Å². The van der Waals surface area contributed by atoms with Gasteiger partial charge in [-0.25, -0.2) is 4.98 Å². The van der Waals surface area contributed by atoms with Crippen LogP contribution in [0, 0.1) is 13.8 Å². The Balaban J connectivity index is 1.69. The molecule has 0 saturated heterocycles. The van der Waals surface area contributed by atoms with E-state index in [2.05, 4.69) is 10.3 Å². The molecule has 0 aliphatic heterocycles. The summed E-state index contributed by atoms with van der Waals surface area (Å²) in [6.45, 7) is 3.98. The Morgan fingerprint density at radius 2 is 1.92 bits per heavy atom. The molecule has 1 heterocycles. The summed E-state index contributed by atoms with van der Waals surface area (Å²) in [5.74, 6) is 0.230. The highest BCUT2D eigenvalue weighted by Gasteiger charge is 2.11. The highest BCUT2D eigenvalue weighted by molar-refractivity contribution is 7.99. The van der Waals surface area contributed by atoms with Crippen molar-refractivity contribution in [3.63, 3.8) is 0 Å². The average Bonchev–Trinajstić information content (AvgIpc) is 3.05. The van der Waals surface area contributed by atoms with Gasteiger partial charge in [0.2, 0.25) is 5.91 Å². The maximum atomic E-state index is 12.3. The average molecular weight is 372 g/mol. The number of carbonyl (C=O) groups excluding carboxylic acids is 1. The van der Waals surface area contributed by atoms with Crippen molar-refractivity contribution in [1.29, 1.82) is 0 Å². The predicted octanol–water partition coefficient (Wildman–Crippen LogP) is 4.87. The van der Waals surface area contributed by atoms with Crippen molar-refractivity contribution in [3.8, 4) is 5.69 Å². The largest absolute Gasteiger partial charge is 0.325 e. The third kappa shape index (κ3) is 4.24. The number of para-hydroxylation sites is 1. The van der Waals surface area contributed by atoms with Crippen LogP contribution in [-0.4, -0.2) is 21.2 Å². The van der Waals surface area contributed by atoms with E-state index in [9.17, 15) is 4.79 Å². The quantitative estimate of drug-likeness (QED) is 0.650. The normalized spacial score (nSPS) is 10.7. The molecule has 0 spiro atoms. The molecule has 6 heteroatoms. The van der Waals surface area contributed by atoms with Crippen LogP contribution in [-0.2, 0) is 4.79 Å². The smallest absolute Gasteiger partial charge is 0.234 e. The maximum Gasteiger partial charge on any atom is 0.234 e. The van der Waals surface area contributed by atoms with E-state index >= 15 is 0 Å². The first-order valence-electron chi connectivity index (χ1n) is 7.83. The minimum absolute atomic E-state index is 0.0527. The molecule has 1 amide bonds. The fraction of sp³-hybridized carbons (Fsp3) is 0.158. The van der Waals surface area contributed by atoms with Crippen molar-refractivity contribution in [1.82, 2.24) is 9.55 Å². The Kier molecular flexibility index (Phi) is 5.46. The molecular formula is C19H18ClN3OS. The van der Waals surface area contributed by atoms with Crippen molar-refractivity contribution in [2.75, 3.05) is 11.1 Å². The maximum absolute atomic E-state index is 12.3. The fourth-order valence-corrected chi connectivity index (χ4v) is 3.49. The van der Waals surface area contributed by atoms with Crippen LogP contribution < -0.4 is 5.32 Å². The van der Waals surface area contributed by atoms with Gasteiger partial charge in [0.25, 0.3) is 0 Å². The Morgan fingerprint density at radius 3 is 2.64 bits per heavy atom. The number of imidazole rings is 1. The lowest BCUT2D eigenvalue weighted by molar-refractivity contribution is -0.113. The van der Waals surface area contributed by atoms with E-state index in [0.717, 1.165) is 27.7 Å². The number of nitrogens with one attached hydrogen (secondary N) is 1. The third-order valence-electron chi connectivity index (χ3n) is 3.77. The monoisotopic (exact) mass is 371 g/mol. The molecule has 0 fully saturated rings. The zero-order valence-corrected chi connectivity index (χ0v) is 15.6. The van der Waals surface area contributed by atoms with Crippen LogP contribution in [0.2, 0.25) is 5.02 Å². The summed E-state index contributed by atoms with van der Waals surface area (Å²) in [4.78, 5) is 16.7. The number of rotatable bonds is 5. The van der Waals surface area contributed by atoms with Gasteiger partial charge in [0.1, 0.15) is 0 Å². The first-order chi connectivity index (χ1) is 12.0. The molecule has 0 aliphatic rings. The third-order valence-corrected chi connectivity index (χ3v) is 4.97. The van der Waals surface area contributed by atoms with Crippen molar-refractivity contribution in [2.24, 2.45) is 0 Å². The molecule has 128 valence electrons. The molecule has 0 atom stereocenters. The molecule has 25 heavy (non-hydrogen) atoms. The molecular weight excluding hydrogens is 354 g/mol. The molecule has 0 aliphatic carbocycles. The predicted molar refractivity (Wildman–Crippen MR) is 104 cm³/mol. The second-order valence-corrected chi connectivity index (χ2v) is 7.04. The second-order valence-electron chi connectivity index (χ2n) is 5.66. The molecule has 3 rings (SSSR count). The lowest BCUT2D eigenvalue weighted by atomic mass is 10.1. The number of amides is 1. The van der Waals surface area contributed by atoms with Crippen LogP contribution >= 0.6 is 23.4 Å². The Labute approximate surface area is 156 Å². The standard InChI is InChI=1S/C19H18ClN3OS/c1-13-5-3-6-14(2)18(13)22-17(24)12-25-19-21-9-10-23(19)16-8-4-7-15(20)11-16/h3-11H,12H2,1-2H3,(H,22,24). The van der Waals surface area contributed by atoms with Crippen molar-refractivity contribution in [3.05, 3.63) is 71.0 Å². The van der Waals surface area contributed by atoms with Crippen LogP contribution in [0.1, 0.15) is 11.1 Å². The second kappa shape index (κ2) is 7.76. The number of carbonyl (C=O) groups is 1. The highest BCUT2D eigenvalue weighted by atomic mass is 35.5. The molecule has 4 nitrogen and oxygen atoms in total. The summed E-state index contributed by atoms with van der Waals surface area (Å²) >= 11 is 7.45. The highest BCUT2D eigenvalue weighted by Crippen LogP contribution is 2.24. The molecule has 2 aromatic carbocycles. The number of hydrogen-bond donors (Lipinski definition) is 1. The summed E-state index contributed by atoms with van der Waals surface area (Å²) < 4.78 is 1.92. The molecule has 0 bridgehead atoms. The van der Waals surface area contributed by atoms with E-state index in [1.54, 1.807) is 6.20 Å². The number of anilines is 1. The van der Waals surface area contributed by atoms with Gasteiger partial charge in [-0.2, -0.15) is 0 Å². The molecule has 0 saturated carbocycles. The van der Waals surface area contributed by atoms with Gasteiger partial charge < -0.3 is 5.32 Å². The van der Waals surface area contributed by atoms with E-state index in [1.165, 1.54) is 11.8 Å². The van der Waals surface area contributed by atoms with Crippen LogP contribution in [0.25, 0.3) is 5.69 Å². The lowest BCUT2D eigenvalue weighted by Gasteiger charge is -2.11. The van der Waals surface area contributed by atoms with Crippen LogP contribution in [0.15, 0.2) is 60.0 Å². The van der Waals surface area contributed by atoms with Crippen LogP contribution in [0.4, 0.5) is 5.69 Å². The van der Waals surface area contributed by atoms with Gasteiger partial charge >= 0.3 is 0 Å². The number of aryl methyl sites for hydroxylation is 2. The van der Waals surface area contributed by atoms with Crippen LogP contribution in [0.5, 0.6) is 0 Å². The van der Waals surface area contributed by atoms with Gasteiger partial charge in [0.05, 0.1) is 5.75 Å². The zero-order valence-electron chi connectivity index (χ0n) is 14.0. The van der Waals surface area contributed by atoms with E-state index in [0.29, 0.717) is 5.02 Å². The summed E-state index contributed by atoms with van der Waals surface area (Å²) in [5, 5.41) is 4.40. The van der Waals surface area contributed by atoms with Gasteiger partial charge in [0, 0.05) is 28.8 Å². The lowest BCUT2D eigenvalue weighted by Crippen LogP contribution is -2.16. The zero-order chi connectivity index (χ0) is 17.8. The van der Waals surface area contributed by atoms with Gasteiger partial charge in [-0.05, 0) is 43.2 Å². The van der Waals surface area contributed by atoms with E-state index < -0.39 is 0 Å². The molecule has 1 N–H and O–H groups in total. The van der Waals surface area contributed by atoms with Crippen molar-refractivity contribution < 1.29 is 4.79 Å². The topological polar surface area (TPSA) is 46.9 Å². The number of hydrogen-bond acceptors (Lipinski definition) is 3. The molecule has 1 aromatic heterocycles.